The molecule has 0 radical (unpaired) electrons. The third-order valence-electron chi connectivity index (χ3n) is 3.85. The minimum atomic E-state index is -0.788. The molecule has 0 amide bonds. The molecule has 0 aliphatic carbocycles. The van der Waals surface area contributed by atoms with Gasteiger partial charge in [-0.25, -0.2) is 17.6 Å². The smallest absolute Gasteiger partial charge is 0.149 e. The van der Waals surface area contributed by atoms with Crippen LogP contribution in [0.25, 0.3) is 11.1 Å². The highest BCUT2D eigenvalue weighted by molar-refractivity contribution is 5.81. The topological polar surface area (TPSA) is 29.9 Å². The second kappa shape index (κ2) is 6.23. The molecule has 2 aromatic carbocycles. The van der Waals surface area contributed by atoms with E-state index in [1.165, 1.54) is 22.9 Å². The van der Waals surface area contributed by atoms with Gasteiger partial charge in [-0.15, -0.1) is 0 Å². The van der Waals surface area contributed by atoms with Gasteiger partial charge in [-0.3, -0.25) is 4.68 Å². The SMILES string of the molecule is Cc1cc(F)c(Nc2c(-c3ccc(F)cc3F)c(C)nn2C)c(F)c1. The summed E-state index contributed by atoms with van der Waals surface area (Å²) in [6, 6.07) is 5.50. The number of aromatic nitrogens is 2. The summed E-state index contributed by atoms with van der Waals surface area (Å²) >= 11 is 0. The fourth-order valence-electron chi connectivity index (χ4n) is 2.75. The van der Waals surface area contributed by atoms with Crippen molar-refractivity contribution in [3.05, 3.63) is 64.9 Å². The van der Waals surface area contributed by atoms with Crippen LogP contribution in [-0.4, -0.2) is 9.78 Å². The van der Waals surface area contributed by atoms with Crippen LogP contribution in [0.15, 0.2) is 30.3 Å². The van der Waals surface area contributed by atoms with Gasteiger partial charge in [0.05, 0.1) is 11.3 Å². The van der Waals surface area contributed by atoms with Gasteiger partial charge in [0.25, 0.3) is 0 Å². The van der Waals surface area contributed by atoms with Gasteiger partial charge in [0.1, 0.15) is 34.8 Å². The number of benzene rings is 2. The molecule has 0 aliphatic rings. The molecular formula is C18H15F4N3. The molecule has 3 aromatic rings. The molecule has 1 heterocycles. The molecule has 0 saturated carbocycles. The van der Waals surface area contributed by atoms with E-state index < -0.39 is 23.3 Å². The van der Waals surface area contributed by atoms with Gasteiger partial charge in [0.15, 0.2) is 0 Å². The maximum atomic E-state index is 14.2. The van der Waals surface area contributed by atoms with Crippen LogP contribution in [0.2, 0.25) is 0 Å². The standard InChI is InChI=1S/C18H15F4N3/c1-9-6-14(21)17(15(22)7-9)23-18-16(10(2)24-25(18)3)12-5-4-11(19)8-13(12)20/h4-8,23H,1-3H3. The maximum Gasteiger partial charge on any atom is 0.149 e. The summed E-state index contributed by atoms with van der Waals surface area (Å²) in [5.74, 6) is -2.86. The molecule has 130 valence electrons. The van der Waals surface area contributed by atoms with E-state index in [1.807, 2.05) is 0 Å². The van der Waals surface area contributed by atoms with Crippen LogP contribution in [-0.2, 0) is 7.05 Å². The van der Waals surface area contributed by atoms with Gasteiger partial charge >= 0.3 is 0 Å². The normalized spacial score (nSPS) is 11.0. The van der Waals surface area contributed by atoms with Crippen LogP contribution >= 0.6 is 0 Å². The van der Waals surface area contributed by atoms with Crippen molar-refractivity contribution >= 4 is 11.5 Å². The molecule has 0 bridgehead atoms. The van der Waals surface area contributed by atoms with E-state index in [0.29, 0.717) is 16.8 Å². The zero-order valence-corrected chi connectivity index (χ0v) is 13.8. The molecule has 0 unspecified atom stereocenters. The van der Waals surface area contributed by atoms with Gasteiger partial charge in [-0.2, -0.15) is 5.10 Å². The average molecular weight is 349 g/mol. The monoisotopic (exact) mass is 349 g/mol. The van der Waals surface area contributed by atoms with Crippen molar-refractivity contribution in [2.45, 2.75) is 13.8 Å². The molecular weight excluding hydrogens is 334 g/mol. The summed E-state index contributed by atoms with van der Waals surface area (Å²) in [4.78, 5) is 0. The molecule has 25 heavy (non-hydrogen) atoms. The lowest BCUT2D eigenvalue weighted by Crippen LogP contribution is -2.04. The van der Waals surface area contributed by atoms with E-state index in [1.54, 1.807) is 20.9 Å². The van der Waals surface area contributed by atoms with E-state index in [2.05, 4.69) is 10.4 Å². The van der Waals surface area contributed by atoms with Gasteiger partial charge in [-0.1, -0.05) is 0 Å². The largest absolute Gasteiger partial charge is 0.335 e. The summed E-state index contributed by atoms with van der Waals surface area (Å²) in [6.45, 7) is 3.20. The third-order valence-corrected chi connectivity index (χ3v) is 3.85. The van der Waals surface area contributed by atoms with E-state index in [9.17, 15) is 17.6 Å². The highest BCUT2D eigenvalue weighted by atomic mass is 19.1. The average Bonchev–Trinajstić information content (AvgIpc) is 2.77. The van der Waals surface area contributed by atoms with Crippen LogP contribution in [0.5, 0.6) is 0 Å². The first kappa shape index (κ1) is 17.0. The molecule has 3 nitrogen and oxygen atoms in total. The summed E-state index contributed by atoms with van der Waals surface area (Å²) < 4.78 is 57.0. The quantitative estimate of drug-likeness (QED) is 0.674. The Morgan fingerprint density at radius 2 is 1.56 bits per heavy atom. The summed E-state index contributed by atoms with van der Waals surface area (Å²) in [5, 5.41) is 6.83. The van der Waals surface area contributed by atoms with Crippen molar-refractivity contribution in [3.63, 3.8) is 0 Å². The van der Waals surface area contributed by atoms with Crippen molar-refractivity contribution < 1.29 is 17.6 Å². The van der Waals surface area contributed by atoms with E-state index in [4.69, 9.17) is 0 Å². The van der Waals surface area contributed by atoms with Gasteiger partial charge in [0.2, 0.25) is 0 Å². The van der Waals surface area contributed by atoms with Crippen molar-refractivity contribution in [2.75, 3.05) is 5.32 Å². The number of nitrogens with zero attached hydrogens (tertiary/aromatic N) is 2. The molecule has 0 fully saturated rings. The fraction of sp³-hybridized carbons (Fsp3) is 0.167. The van der Waals surface area contributed by atoms with Crippen LogP contribution in [0.4, 0.5) is 29.1 Å². The fourth-order valence-corrected chi connectivity index (χ4v) is 2.75. The Hall–Kier alpha value is -2.83. The van der Waals surface area contributed by atoms with E-state index in [-0.39, 0.29) is 17.1 Å². The Balaban J connectivity index is 2.16. The highest BCUT2D eigenvalue weighted by Crippen LogP contribution is 2.36. The van der Waals surface area contributed by atoms with Crippen molar-refractivity contribution in [1.29, 1.82) is 0 Å². The Morgan fingerprint density at radius 1 is 0.920 bits per heavy atom. The first-order valence-electron chi connectivity index (χ1n) is 7.49. The molecule has 1 aromatic heterocycles. The van der Waals surface area contributed by atoms with Crippen molar-refractivity contribution in [2.24, 2.45) is 7.05 Å². The molecule has 0 atom stereocenters. The minimum absolute atomic E-state index is 0.0856. The number of hydrogen-bond donors (Lipinski definition) is 1. The van der Waals surface area contributed by atoms with Gasteiger partial charge in [0, 0.05) is 18.7 Å². The second-order valence-corrected chi connectivity index (χ2v) is 5.79. The number of anilines is 2. The lowest BCUT2D eigenvalue weighted by Gasteiger charge is -2.13. The predicted octanol–water partition coefficient (Wildman–Crippen LogP) is 5.00. The van der Waals surface area contributed by atoms with Crippen LogP contribution in [0, 0.1) is 37.1 Å². The Labute approximate surface area is 141 Å². The number of hydrogen-bond acceptors (Lipinski definition) is 2. The Bertz CT molecular complexity index is 940. The zero-order valence-electron chi connectivity index (χ0n) is 13.8. The summed E-state index contributed by atoms with van der Waals surface area (Å²) in [6.07, 6.45) is 0. The molecule has 0 aliphatic heterocycles. The van der Waals surface area contributed by atoms with Crippen molar-refractivity contribution in [1.82, 2.24) is 9.78 Å². The molecule has 1 N–H and O–H groups in total. The van der Waals surface area contributed by atoms with Crippen LogP contribution in [0.1, 0.15) is 11.3 Å². The summed E-state index contributed by atoms with van der Waals surface area (Å²) in [7, 11) is 1.56. The molecule has 3 rings (SSSR count). The minimum Gasteiger partial charge on any atom is -0.335 e. The van der Waals surface area contributed by atoms with E-state index in [0.717, 1.165) is 12.1 Å². The predicted molar refractivity (Wildman–Crippen MR) is 87.7 cm³/mol. The van der Waals surface area contributed by atoms with Gasteiger partial charge in [-0.05, 0) is 43.7 Å². The second-order valence-electron chi connectivity index (χ2n) is 5.79. The van der Waals surface area contributed by atoms with E-state index >= 15 is 0 Å². The lowest BCUT2D eigenvalue weighted by atomic mass is 10.0. The third kappa shape index (κ3) is 3.09. The zero-order chi connectivity index (χ0) is 18.3. The van der Waals surface area contributed by atoms with Crippen LogP contribution < -0.4 is 5.32 Å². The highest BCUT2D eigenvalue weighted by Gasteiger charge is 2.21. The number of aryl methyl sites for hydroxylation is 3. The Morgan fingerprint density at radius 3 is 2.16 bits per heavy atom. The Kier molecular flexibility index (Phi) is 4.24. The number of nitrogens with one attached hydrogen (secondary N) is 1. The first-order chi connectivity index (χ1) is 11.8. The van der Waals surface area contributed by atoms with Crippen LogP contribution in [0.3, 0.4) is 0 Å². The molecule has 7 heteroatoms. The van der Waals surface area contributed by atoms with Gasteiger partial charge < -0.3 is 5.32 Å². The molecule has 0 saturated heterocycles. The summed E-state index contributed by atoms with van der Waals surface area (Å²) in [5.41, 5.74) is 0.897. The first-order valence-corrected chi connectivity index (χ1v) is 7.49. The maximum absolute atomic E-state index is 14.2. The van der Waals surface area contributed by atoms with Crippen molar-refractivity contribution in [3.8, 4) is 11.1 Å². The lowest BCUT2D eigenvalue weighted by molar-refractivity contribution is 0.585. The molecule has 0 spiro atoms. The number of halogens is 4. The number of rotatable bonds is 3.